The molecule has 0 aromatic heterocycles. The lowest BCUT2D eigenvalue weighted by Crippen LogP contribution is -2.46. The van der Waals surface area contributed by atoms with Crippen LogP contribution in [0.25, 0.3) is 0 Å². The molecular formula is C14H26N2O. The summed E-state index contributed by atoms with van der Waals surface area (Å²) in [5.74, 6) is 0. The summed E-state index contributed by atoms with van der Waals surface area (Å²) in [4.78, 5) is 2.69. The number of hydrogen-bond donors (Lipinski definition) is 1. The van der Waals surface area contributed by atoms with Crippen LogP contribution in [0.1, 0.15) is 44.9 Å². The normalized spacial score (nSPS) is 42.9. The van der Waals surface area contributed by atoms with Gasteiger partial charge in [-0.3, -0.25) is 4.90 Å². The smallest absolute Gasteiger partial charge is 0.0572 e. The van der Waals surface area contributed by atoms with Gasteiger partial charge < -0.3 is 10.1 Å². The van der Waals surface area contributed by atoms with Crippen LogP contribution in [0.3, 0.4) is 0 Å². The highest BCUT2D eigenvalue weighted by Crippen LogP contribution is 2.29. The van der Waals surface area contributed by atoms with Crippen molar-refractivity contribution >= 4 is 0 Å². The number of ether oxygens (including phenoxy) is 1. The van der Waals surface area contributed by atoms with Gasteiger partial charge in [0.05, 0.1) is 6.10 Å². The van der Waals surface area contributed by atoms with Gasteiger partial charge in [-0.2, -0.15) is 0 Å². The maximum atomic E-state index is 5.44. The molecule has 17 heavy (non-hydrogen) atoms. The molecule has 3 aliphatic rings. The topological polar surface area (TPSA) is 24.5 Å². The molecule has 0 aromatic carbocycles. The standard InChI is InChI=1S/C14H26N2O/c1-17-12-6-4-11(5-7-12)15-13-8-10-16-9-2-3-14(13)16/h11-15H,2-10H2,1H3. The van der Waals surface area contributed by atoms with Gasteiger partial charge in [0.15, 0.2) is 0 Å². The third-order valence-electron chi connectivity index (χ3n) is 5.06. The predicted octanol–water partition coefficient (Wildman–Crippen LogP) is 1.77. The zero-order valence-corrected chi connectivity index (χ0v) is 11.0. The van der Waals surface area contributed by atoms with Gasteiger partial charge in [-0.05, 0) is 51.5 Å². The van der Waals surface area contributed by atoms with Crippen LogP contribution in [0.4, 0.5) is 0 Å². The quantitative estimate of drug-likeness (QED) is 0.811. The highest BCUT2D eigenvalue weighted by Gasteiger charge is 2.38. The van der Waals surface area contributed by atoms with Crippen molar-refractivity contribution in [2.45, 2.75) is 69.2 Å². The van der Waals surface area contributed by atoms with Crippen molar-refractivity contribution in [1.82, 2.24) is 10.2 Å². The first-order valence-electron chi connectivity index (χ1n) is 7.39. The monoisotopic (exact) mass is 238 g/mol. The first-order chi connectivity index (χ1) is 8.36. The van der Waals surface area contributed by atoms with E-state index in [9.17, 15) is 0 Å². The van der Waals surface area contributed by atoms with E-state index in [2.05, 4.69) is 10.2 Å². The van der Waals surface area contributed by atoms with Crippen molar-refractivity contribution in [3.05, 3.63) is 0 Å². The van der Waals surface area contributed by atoms with E-state index in [4.69, 9.17) is 4.74 Å². The number of nitrogens with one attached hydrogen (secondary N) is 1. The van der Waals surface area contributed by atoms with Crippen molar-refractivity contribution in [1.29, 1.82) is 0 Å². The molecule has 2 atom stereocenters. The van der Waals surface area contributed by atoms with Crippen molar-refractivity contribution in [3.63, 3.8) is 0 Å². The van der Waals surface area contributed by atoms with E-state index in [1.807, 2.05) is 7.11 Å². The second-order valence-corrected chi connectivity index (χ2v) is 6.02. The van der Waals surface area contributed by atoms with Gasteiger partial charge in [0.1, 0.15) is 0 Å². The van der Waals surface area contributed by atoms with Gasteiger partial charge in [0.2, 0.25) is 0 Å². The summed E-state index contributed by atoms with van der Waals surface area (Å²) in [5, 5.41) is 3.94. The third-order valence-corrected chi connectivity index (χ3v) is 5.06. The molecule has 3 nitrogen and oxygen atoms in total. The van der Waals surface area contributed by atoms with Gasteiger partial charge in [-0.1, -0.05) is 0 Å². The Hall–Kier alpha value is -0.120. The Morgan fingerprint density at radius 3 is 2.59 bits per heavy atom. The molecule has 2 unspecified atom stereocenters. The van der Waals surface area contributed by atoms with E-state index >= 15 is 0 Å². The van der Waals surface area contributed by atoms with Gasteiger partial charge >= 0.3 is 0 Å². The van der Waals surface area contributed by atoms with Crippen LogP contribution >= 0.6 is 0 Å². The molecule has 2 saturated heterocycles. The Kier molecular flexibility index (Phi) is 3.69. The number of rotatable bonds is 3. The van der Waals surface area contributed by atoms with Gasteiger partial charge in [0.25, 0.3) is 0 Å². The van der Waals surface area contributed by atoms with Gasteiger partial charge in [-0.25, -0.2) is 0 Å². The Labute approximate surface area is 105 Å². The minimum Gasteiger partial charge on any atom is -0.381 e. The van der Waals surface area contributed by atoms with E-state index in [-0.39, 0.29) is 0 Å². The van der Waals surface area contributed by atoms with Crippen molar-refractivity contribution in [2.24, 2.45) is 0 Å². The van der Waals surface area contributed by atoms with Crippen molar-refractivity contribution in [3.8, 4) is 0 Å². The molecule has 3 heteroatoms. The highest BCUT2D eigenvalue weighted by atomic mass is 16.5. The van der Waals surface area contributed by atoms with Crippen molar-refractivity contribution < 1.29 is 4.74 Å². The fourth-order valence-electron chi connectivity index (χ4n) is 4.04. The number of fused-ring (bicyclic) bond motifs is 1. The fraction of sp³-hybridized carbons (Fsp3) is 1.00. The zero-order valence-electron chi connectivity index (χ0n) is 11.0. The molecule has 0 amide bonds. The average molecular weight is 238 g/mol. The van der Waals surface area contributed by atoms with Crippen LogP contribution < -0.4 is 5.32 Å². The molecule has 1 aliphatic carbocycles. The minimum absolute atomic E-state index is 0.527. The highest BCUT2D eigenvalue weighted by molar-refractivity contribution is 4.97. The van der Waals surface area contributed by atoms with E-state index in [1.165, 1.54) is 58.0 Å². The van der Waals surface area contributed by atoms with Gasteiger partial charge in [0, 0.05) is 31.8 Å². The lowest BCUT2D eigenvalue weighted by molar-refractivity contribution is 0.0606. The summed E-state index contributed by atoms with van der Waals surface area (Å²) in [6, 6.07) is 2.39. The summed E-state index contributed by atoms with van der Waals surface area (Å²) in [6.07, 6.45) is 9.84. The number of hydrogen-bond acceptors (Lipinski definition) is 3. The van der Waals surface area contributed by atoms with Crippen LogP contribution in [0.2, 0.25) is 0 Å². The molecule has 0 spiro atoms. The lowest BCUT2D eigenvalue weighted by Gasteiger charge is -2.32. The molecule has 0 radical (unpaired) electrons. The molecule has 3 fully saturated rings. The molecule has 0 bridgehead atoms. The summed E-state index contributed by atoms with van der Waals surface area (Å²) in [5.41, 5.74) is 0. The average Bonchev–Trinajstić information content (AvgIpc) is 2.95. The molecule has 0 aromatic rings. The Morgan fingerprint density at radius 2 is 1.82 bits per heavy atom. The molecule has 1 saturated carbocycles. The summed E-state index contributed by atoms with van der Waals surface area (Å²) in [6.45, 7) is 2.68. The maximum absolute atomic E-state index is 5.44. The van der Waals surface area contributed by atoms with Gasteiger partial charge in [-0.15, -0.1) is 0 Å². The van der Waals surface area contributed by atoms with Crippen LogP contribution in [0.5, 0.6) is 0 Å². The third kappa shape index (κ3) is 2.51. The van der Waals surface area contributed by atoms with Crippen LogP contribution in [-0.2, 0) is 4.74 Å². The first-order valence-corrected chi connectivity index (χ1v) is 7.39. The Balaban J connectivity index is 1.48. The van der Waals surface area contributed by atoms with Crippen LogP contribution in [0, 0.1) is 0 Å². The summed E-state index contributed by atoms with van der Waals surface area (Å²) >= 11 is 0. The fourth-order valence-corrected chi connectivity index (χ4v) is 4.04. The number of nitrogens with zero attached hydrogens (tertiary/aromatic N) is 1. The first kappa shape index (κ1) is 11.9. The van der Waals surface area contributed by atoms with E-state index in [0.29, 0.717) is 6.10 Å². The maximum Gasteiger partial charge on any atom is 0.0572 e. The molecule has 3 rings (SSSR count). The summed E-state index contributed by atoms with van der Waals surface area (Å²) in [7, 11) is 1.85. The Bertz CT molecular complexity index is 251. The molecule has 2 heterocycles. The SMILES string of the molecule is COC1CCC(NC2CCN3CCCC23)CC1. The molecule has 98 valence electrons. The van der Waals surface area contributed by atoms with E-state index < -0.39 is 0 Å². The molecule has 2 aliphatic heterocycles. The molecular weight excluding hydrogens is 212 g/mol. The lowest BCUT2D eigenvalue weighted by atomic mass is 9.91. The summed E-state index contributed by atoms with van der Waals surface area (Å²) < 4.78 is 5.44. The second kappa shape index (κ2) is 5.25. The van der Waals surface area contributed by atoms with Crippen molar-refractivity contribution in [2.75, 3.05) is 20.2 Å². The van der Waals surface area contributed by atoms with E-state index in [0.717, 1.165) is 18.1 Å². The zero-order chi connectivity index (χ0) is 11.7. The minimum atomic E-state index is 0.527. The number of methoxy groups -OCH3 is 1. The second-order valence-electron chi connectivity index (χ2n) is 6.02. The van der Waals surface area contributed by atoms with Crippen LogP contribution in [-0.4, -0.2) is 49.3 Å². The Morgan fingerprint density at radius 1 is 1.00 bits per heavy atom. The van der Waals surface area contributed by atoms with E-state index in [1.54, 1.807) is 0 Å². The van der Waals surface area contributed by atoms with Crippen LogP contribution in [0.15, 0.2) is 0 Å². The predicted molar refractivity (Wildman–Crippen MR) is 69.2 cm³/mol. The molecule has 1 N–H and O–H groups in total. The largest absolute Gasteiger partial charge is 0.381 e.